The maximum atomic E-state index is 13.7. The van der Waals surface area contributed by atoms with Crippen LogP contribution in [0.4, 0.5) is 5.69 Å². The molecule has 0 bridgehead atoms. The molecule has 46 heavy (non-hydrogen) atoms. The van der Waals surface area contributed by atoms with Crippen LogP contribution in [-0.2, 0) is 11.3 Å². The number of carbonyl (C=O) groups is 2. The van der Waals surface area contributed by atoms with Crippen molar-refractivity contribution in [2.75, 3.05) is 18.0 Å². The second-order valence-electron chi connectivity index (χ2n) is 13.6. The highest BCUT2D eigenvalue weighted by Crippen LogP contribution is 2.38. The lowest BCUT2D eigenvalue weighted by molar-refractivity contribution is -0.117. The molecule has 2 unspecified atom stereocenters. The summed E-state index contributed by atoms with van der Waals surface area (Å²) in [6, 6.07) is 18.6. The molecule has 236 valence electrons. The van der Waals surface area contributed by atoms with Gasteiger partial charge in [-0.05, 0) is 86.9 Å². The lowest BCUT2D eigenvalue weighted by Gasteiger charge is -2.25. The first-order chi connectivity index (χ1) is 22.3. The van der Waals surface area contributed by atoms with Gasteiger partial charge >= 0.3 is 0 Å². The molecule has 2 saturated heterocycles. The lowest BCUT2D eigenvalue weighted by atomic mass is 10.0. The molecule has 6 heterocycles. The van der Waals surface area contributed by atoms with Gasteiger partial charge in [0.15, 0.2) is 0 Å². The Balaban J connectivity index is 1.15. The molecule has 1 aliphatic carbocycles. The first-order valence-electron chi connectivity index (χ1n) is 16.8. The molecule has 8 rings (SSSR count). The van der Waals surface area contributed by atoms with Crippen LogP contribution in [0.1, 0.15) is 61.9 Å². The molecule has 3 fully saturated rings. The van der Waals surface area contributed by atoms with Gasteiger partial charge in [0.05, 0.1) is 22.5 Å². The number of rotatable bonds is 7. The molecule has 1 aromatic carbocycles. The zero-order chi connectivity index (χ0) is 31.7. The Labute approximate surface area is 269 Å². The Hall–Kier alpha value is -4.50. The molecule has 2 N–H and O–H groups in total. The summed E-state index contributed by atoms with van der Waals surface area (Å²) in [5.74, 6) is 1.12. The van der Waals surface area contributed by atoms with Gasteiger partial charge in [-0.3, -0.25) is 9.59 Å². The number of anilines is 1. The number of carbonyl (C=O) groups excluding carboxylic acids is 2. The minimum atomic E-state index is -0.00120. The van der Waals surface area contributed by atoms with Crippen molar-refractivity contribution in [3.05, 3.63) is 71.9 Å². The molecule has 9 nitrogen and oxygen atoms in total. The lowest BCUT2D eigenvalue weighted by Crippen LogP contribution is -2.42. The zero-order valence-corrected chi connectivity index (χ0v) is 26.8. The number of hydrogen-bond acceptors (Lipinski definition) is 5. The molecule has 0 spiro atoms. The topological polar surface area (TPSA) is 102 Å². The largest absolute Gasteiger partial charge is 0.334 e. The standard InChI is InChI=1S/C37H41N7O2/c1-4-30-34(38)22(2)19-43(30)37(46)27-12-16-31-23(3)35(40-44(31)21-27)32-18-26-11-15-29(39-36(26)42(32)20-24-7-8-24)25-9-13-28(14-10-25)41-17-5-6-33(41)45/h9-16,18,21-22,24,30,34H,4-8,17,19-20,38H2,1-3H3/t22?,30?,34-/m1/s1. The van der Waals surface area contributed by atoms with Crippen molar-refractivity contribution in [1.82, 2.24) is 24.1 Å². The Kier molecular flexibility index (Phi) is 6.97. The van der Waals surface area contributed by atoms with E-state index >= 15 is 0 Å². The number of fused-ring (bicyclic) bond motifs is 2. The van der Waals surface area contributed by atoms with Crippen molar-refractivity contribution in [2.45, 2.75) is 71.5 Å². The van der Waals surface area contributed by atoms with E-state index in [1.165, 1.54) is 12.8 Å². The summed E-state index contributed by atoms with van der Waals surface area (Å²) in [7, 11) is 0. The average molecular weight is 616 g/mol. The molecular weight excluding hydrogens is 574 g/mol. The molecule has 2 aliphatic heterocycles. The van der Waals surface area contributed by atoms with Gasteiger partial charge in [0, 0.05) is 66.5 Å². The normalized spacial score (nSPS) is 21.7. The average Bonchev–Trinajstić information content (AvgIpc) is 3.38. The second kappa shape index (κ2) is 11.1. The summed E-state index contributed by atoms with van der Waals surface area (Å²) in [6.07, 6.45) is 6.70. The fourth-order valence-corrected chi connectivity index (χ4v) is 7.55. The monoisotopic (exact) mass is 615 g/mol. The van der Waals surface area contributed by atoms with Crippen LogP contribution in [0.5, 0.6) is 0 Å². The Morgan fingerprint density at radius 3 is 2.59 bits per heavy atom. The smallest absolute Gasteiger partial charge is 0.255 e. The SMILES string of the molecule is CCC1[C@H](N)C(C)CN1C(=O)c1ccc2c(C)c(-c3cc4ccc(-c5ccc(N6CCCC6=O)cc5)nc4n3CC3CC3)nn2c1. The van der Waals surface area contributed by atoms with E-state index in [9.17, 15) is 9.59 Å². The Morgan fingerprint density at radius 2 is 1.87 bits per heavy atom. The van der Waals surface area contributed by atoms with Gasteiger partial charge in [0.25, 0.3) is 5.91 Å². The van der Waals surface area contributed by atoms with Crippen LogP contribution in [0.15, 0.2) is 60.8 Å². The fourth-order valence-electron chi connectivity index (χ4n) is 7.55. The number of pyridine rings is 2. The first kappa shape index (κ1) is 28.9. The number of aryl methyl sites for hydroxylation is 1. The van der Waals surface area contributed by atoms with E-state index in [1.807, 2.05) is 44.8 Å². The molecular formula is C37H41N7O2. The number of aromatic nitrogens is 4. The molecule has 4 aromatic heterocycles. The van der Waals surface area contributed by atoms with Crippen LogP contribution in [-0.4, -0.2) is 61.1 Å². The van der Waals surface area contributed by atoms with E-state index < -0.39 is 0 Å². The van der Waals surface area contributed by atoms with Crippen molar-refractivity contribution in [3.63, 3.8) is 0 Å². The maximum absolute atomic E-state index is 13.7. The van der Waals surface area contributed by atoms with Crippen LogP contribution in [0.25, 0.3) is 39.2 Å². The highest BCUT2D eigenvalue weighted by Gasteiger charge is 2.39. The van der Waals surface area contributed by atoms with Gasteiger partial charge in [-0.25, -0.2) is 9.50 Å². The van der Waals surface area contributed by atoms with Crippen LogP contribution < -0.4 is 10.6 Å². The van der Waals surface area contributed by atoms with Crippen LogP contribution in [0, 0.1) is 18.8 Å². The van der Waals surface area contributed by atoms with Gasteiger partial charge in [0.1, 0.15) is 11.3 Å². The fraction of sp³-hybridized carbons (Fsp3) is 0.405. The molecule has 1 saturated carbocycles. The van der Waals surface area contributed by atoms with E-state index in [0.29, 0.717) is 24.4 Å². The van der Waals surface area contributed by atoms with Gasteiger partial charge in [0.2, 0.25) is 5.91 Å². The quantitative estimate of drug-likeness (QED) is 0.240. The molecule has 3 aliphatic rings. The van der Waals surface area contributed by atoms with Gasteiger partial charge < -0.3 is 20.1 Å². The Bertz CT molecular complexity index is 1990. The predicted octanol–water partition coefficient (Wildman–Crippen LogP) is 6.06. The summed E-state index contributed by atoms with van der Waals surface area (Å²) in [5.41, 5.74) is 14.9. The zero-order valence-electron chi connectivity index (χ0n) is 26.8. The second-order valence-corrected chi connectivity index (χ2v) is 13.6. The number of nitrogens with zero attached hydrogens (tertiary/aromatic N) is 6. The van der Waals surface area contributed by atoms with Crippen molar-refractivity contribution in [3.8, 4) is 22.6 Å². The van der Waals surface area contributed by atoms with Crippen molar-refractivity contribution >= 4 is 34.1 Å². The summed E-state index contributed by atoms with van der Waals surface area (Å²) in [6.45, 7) is 8.69. The molecule has 9 heteroatoms. The van der Waals surface area contributed by atoms with Crippen LogP contribution in [0.3, 0.4) is 0 Å². The van der Waals surface area contributed by atoms with Crippen molar-refractivity contribution in [2.24, 2.45) is 17.6 Å². The minimum absolute atomic E-state index is 0.00120. The third-order valence-corrected chi connectivity index (χ3v) is 10.5. The van der Waals surface area contributed by atoms with Crippen LogP contribution in [0.2, 0.25) is 0 Å². The molecule has 0 radical (unpaired) electrons. The van der Waals surface area contributed by atoms with E-state index in [4.69, 9.17) is 15.8 Å². The van der Waals surface area contributed by atoms with Crippen LogP contribution >= 0.6 is 0 Å². The van der Waals surface area contributed by atoms with Gasteiger partial charge in [-0.1, -0.05) is 26.0 Å². The third kappa shape index (κ3) is 4.80. The molecule has 3 atom stereocenters. The summed E-state index contributed by atoms with van der Waals surface area (Å²) >= 11 is 0. The highest BCUT2D eigenvalue weighted by atomic mass is 16.2. The summed E-state index contributed by atoms with van der Waals surface area (Å²) in [5, 5.41) is 6.16. The molecule has 2 amide bonds. The predicted molar refractivity (Wildman–Crippen MR) is 181 cm³/mol. The third-order valence-electron chi connectivity index (χ3n) is 10.5. The Morgan fingerprint density at radius 1 is 1.07 bits per heavy atom. The van der Waals surface area contributed by atoms with Gasteiger partial charge in [-0.2, -0.15) is 5.10 Å². The van der Waals surface area contributed by atoms with Crippen molar-refractivity contribution < 1.29 is 9.59 Å². The van der Waals surface area contributed by atoms with E-state index in [0.717, 1.165) is 76.4 Å². The molecule has 5 aromatic rings. The van der Waals surface area contributed by atoms with Crippen molar-refractivity contribution in [1.29, 1.82) is 0 Å². The van der Waals surface area contributed by atoms with E-state index in [1.54, 1.807) is 0 Å². The number of nitrogens with two attached hydrogens (primary N) is 1. The number of likely N-dealkylation sites (tertiary alicyclic amines) is 1. The first-order valence-corrected chi connectivity index (χ1v) is 16.8. The highest BCUT2D eigenvalue weighted by molar-refractivity contribution is 5.96. The summed E-state index contributed by atoms with van der Waals surface area (Å²) in [4.78, 5) is 34.9. The number of amides is 2. The van der Waals surface area contributed by atoms with E-state index in [-0.39, 0.29) is 29.8 Å². The van der Waals surface area contributed by atoms with Gasteiger partial charge in [-0.15, -0.1) is 0 Å². The minimum Gasteiger partial charge on any atom is -0.334 e. The number of benzene rings is 1. The van der Waals surface area contributed by atoms with E-state index in [2.05, 4.69) is 55.7 Å². The maximum Gasteiger partial charge on any atom is 0.255 e. The summed E-state index contributed by atoms with van der Waals surface area (Å²) < 4.78 is 4.20. The number of hydrogen-bond donors (Lipinski definition) is 1.